The Morgan fingerprint density at radius 1 is 1.25 bits per heavy atom. The number of nitrogens with two attached hydrogens (primary N) is 1. The van der Waals surface area contributed by atoms with E-state index in [9.17, 15) is 0 Å². The van der Waals surface area contributed by atoms with Gasteiger partial charge in [-0.15, -0.1) is 0 Å². The van der Waals surface area contributed by atoms with Gasteiger partial charge < -0.3 is 15.6 Å². The van der Waals surface area contributed by atoms with E-state index in [1.807, 2.05) is 18.2 Å². The molecule has 3 heteroatoms. The molecule has 0 heterocycles. The molecule has 3 nitrogen and oxygen atoms in total. The standard InChI is InChI=1S/C13H21NO2/c1-2-11-6-7-13(12(14)10-11)16-9-5-3-4-8-15/h6-7,10,15H,2-5,8-9,14H2,1H3. The Balaban J connectivity index is 2.36. The summed E-state index contributed by atoms with van der Waals surface area (Å²) >= 11 is 0. The van der Waals surface area contributed by atoms with Crippen LogP contribution < -0.4 is 10.5 Å². The van der Waals surface area contributed by atoms with Crippen LogP contribution in [-0.2, 0) is 6.42 Å². The van der Waals surface area contributed by atoms with Gasteiger partial charge in [-0.2, -0.15) is 0 Å². The molecule has 0 aliphatic carbocycles. The van der Waals surface area contributed by atoms with E-state index in [0.29, 0.717) is 12.3 Å². The van der Waals surface area contributed by atoms with Crippen LogP contribution in [-0.4, -0.2) is 18.3 Å². The molecule has 0 aliphatic heterocycles. The Hall–Kier alpha value is -1.22. The van der Waals surface area contributed by atoms with Crippen LogP contribution in [0.2, 0.25) is 0 Å². The number of rotatable bonds is 7. The Bertz CT molecular complexity index is 313. The van der Waals surface area contributed by atoms with Crippen LogP contribution in [0.5, 0.6) is 5.75 Å². The number of ether oxygens (including phenoxy) is 1. The third kappa shape index (κ3) is 4.11. The lowest BCUT2D eigenvalue weighted by Gasteiger charge is -2.09. The Morgan fingerprint density at radius 2 is 2.06 bits per heavy atom. The fraction of sp³-hybridized carbons (Fsp3) is 0.538. The zero-order valence-electron chi connectivity index (χ0n) is 9.91. The van der Waals surface area contributed by atoms with E-state index in [0.717, 1.165) is 31.4 Å². The fourth-order valence-corrected chi connectivity index (χ4v) is 1.52. The first-order valence-corrected chi connectivity index (χ1v) is 5.90. The van der Waals surface area contributed by atoms with Crippen LogP contribution in [0.1, 0.15) is 31.7 Å². The van der Waals surface area contributed by atoms with Crippen LogP contribution in [0.3, 0.4) is 0 Å². The van der Waals surface area contributed by atoms with Gasteiger partial charge in [-0.25, -0.2) is 0 Å². The van der Waals surface area contributed by atoms with Crippen molar-refractivity contribution in [1.82, 2.24) is 0 Å². The number of aryl methyl sites for hydroxylation is 1. The highest BCUT2D eigenvalue weighted by Crippen LogP contribution is 2.22. The van der Waals surface area contributed by atoms with Crippen LogP contribution >= 0.6 is 0 Å². The largest absolute Gasteiger partial charge is 0.491 e. The van der Waals surface area contributed by atoms with E-state index >= 15 is 0 Å². The normalized spacial score (nSPS) is 10.4. The molecule has 0 aromatic heterocycles. The lowest BCUT2D eigenvalue weighted by molar-refractivity contribution is 0.266. The fourth-order valence-electron chi connectivity index (χ4n) is 1.52. The maximum Gasteiger partial charge on any atom is 0.142 e. The van der Waals surface area contributed by atoms with Gasteiger partial charge in [0.05, 0.1) is 12.3 Å². The van der Waals surface area contributed by atoms with Crippen molar-refractivity contribution in [2.75, 3.05) is 18.9 Å². The molecule has 0 fully saturated rings. The average molecular weight is 223 g/mol. The summed E-state index contributed by atoms with van der Waals surface area (Å²) < 4.78 is 5.58. The maximum atomic E-state index is 8.62. The maximum absolute atomic E-state index is 8.62. The Labute approximate surface area is 97.2 Å². The number of anilines is 1. The third-order valence-corrected chi connectivity index (χ3v) is 2.54. The van der Waals surface area contributed by atoms with E-state index in [-0.39, 0.29) is 6.61 Å². The molecule has 0 bridgehead atoms. The van der Waals surface area contributed by atoms with Gasteiger partial charge in [0.2, 0.25) is 0 Å². The highest BCUT2D eigenvalue weighted by atomic mass is 16.5. The van der Waals surface area contributed by atoms with E-state index in [1.54, 1.807) is 0 Å². The second-order valence-electron chi connectivity index (χ2n) is 3.86. The topological polar surface area (TPSA) is 55.5 Å². The van der Waals surface area contributed by atoms with E-state index < -0.39 is 0 Å². The van der Waals surface area contributed by atoms with Crippen LogP contribution in [0.4, 0.5) is 5.69 Å². The van der Waals surface area contributed by atoms with E-state index in [2.05, 4.69) is 6.92 Å². The second kappa shape index (κ2) is 7.12. The van der Waals surface area contributed by atoms with Crippen molar-refractivity contribution in [1.29, 1.82) is 0 Å². The van der Waals surface area contributed by atoms with Crippen molar-refractivity contribution in [3.63, 3.8) is 0 Å². The number of hydrogen-bond acceptors (Lipinski definition) is 3. The number of unbranched alkanes of at least 4 members (excludes halogenated alkanes) is 2. The van der Waals surface area contributed by atoms with Crippen molar-refractivity contribution >= 4 is 5.69 Å². The molecule has 0 saturated heterocycles. The highest BCUT2D eigenvalue weighted by Gasteiger charge is 2.00. The predicted molar refractivity (Wildman–Crippen MR) is 66.7 cm³/mol. The van der Waals surface area contributed by atoms with Crippen molar-refractivity contribution < 1.29 is 9.84 Å². The molecular weight excluding hydrogens is 202 g/mol. The summed E-state index contributed by atoms with van der Waals surface area (Å²) in [5.74, 6) is 0.765. The number of nitrogen functional groups attached to an aromatic ring is 1. The smallest absolute Gasteiger partial charge is 0.142 e. The predicted octanol–water partition coefficient (Wildman–Crippen LogP) is 2.37. The lowest BCUT2D eigenvalue weighted by Crippen LogP contribution is -2.01. The molecule has 1 aromatic rings. The minimum Gasteiger partial charge on any atom is -0.491 e. The summed E-state index contributed by atoms with van der Waals surface area (Å²) in [5.41, 5.74) is 7.81. The summed E-state index contributed by atoms with van der Waals surface area (Å²) in [4.78, 5) is 0. The van der Waals surface area contributed by atoms with E-state index in [4.69, 9.17) is 15.6 Å². The first-order valence-electron chi connectivity index (χ1n) is 5.90. The van der Waals surface area contributed by atoms with Crippen molar-refractivity contribution in [2.45, 2.75) is 32.6 Å². The summed E-state index contributed by atoms with van der Waals surface area (Å²) in [6.07, 6.45) is 3.77. The molecule has 1 aromatic carbocycles. The van der Waals surface area contributed by atoms with Crippen molar-refractivity contribution in [3.05, 3.63) is 23.8 Å². The molecule has 90 valence electrons. The number of aliphatic hydroxyl groups excluding tert-OH is 1. The molecular formula is C13H21NO2. The summed E-state index contributed by atoms with van der Waals surface area (Å²) in [6, 6.07) is 5.93. The monoisotopic (exact) mass is 223 g/mol. The molecule has 16 heavy (non-hydrogen) atoms. The lowest BCUT2D eigenvalue weighted by atomic mass is 10.1. The third-order valence-electron chi connectivity index (χ3n) is 2.54. The molecule has 0 amide bonds. The minimum absolute atomic E-state index is 0.257. The van der Waals surface area contributed by atoms with Gasteiger partial charge in [0.1, 0.15) is 5.75 Å². The number of aliphatic hydroxyl groups is 1. The second-order valence-corrected chi connectivity index (χ2v) is 3.86. The molecule has 0 spiro atoms. The van der Waals surface area contributed by atoms with Crippen LogP contribution in [0.25, 0.3) is 0 Å². The van der Waals surface area contributed by atoms with E-state index in [1.165, 1.54) is 5.56 Å². The van der Waals surface area contributed by atoms with Crippen LogP contribution in [0.15, 0.2) is 18.2 Å². The van der Waals surface area contributed by atoms with Gasteiger partial charge in [0.25, 0.3) is 0 Å². The van der Waals surface area contributed by atoms with Gasteiger partial charge >= 0.3 is 0 Å². The van der Waals surface area contributed by atoms with Gasteiger partial charge in [-0.1, -0.05) is 13.0 Å². The summed E-state index contributed by atoms with van der Waals surface area (Å²) in [7, 11) is 0. The first kappa shape index (κ1) is 12.8. The zero-order valence-corrected chi connectivity index (χ0v) is 9.91. The van der Waals surface area contributed by atoms with Crippen molar-refractivity contribution in [3.8, 4) is 5.75 Å². The molecule has 3 N–H and O–H groups in total. The molecule has 0 atom stereocenters. The average Bonchev–Trinajstić information content (AvgIpc) is 2.30. The Morgan fingerprint density at radius 3 is 2.69 bits per heavy atom. The number of benzene rings is 1. The first-order chi connectivity index (χ1) is 7.77. The molecule has 0 radical (unpaired) electrons. The van der Waals surface area contributed by atoms with Gasteiger partial charge in [0.15, 0.2) is 0 Å². The number of hydrogen-bond donors (Lipinski definition) is 2. The molecule has 0 aliphatic rings. The highest BCUT2D eigenvalue weighted by molar-refractivity contribution is 5.54. The van der Waals surface area contributed by atoms with Crippen LogP contribution in [0, 0.1) is 0 Å². The summed E-state index contributed by atoms with van der Waals surface area (Å²) in [6.45, 7) is 3.02. The zero-order chi connectivity index (χ0) is 11.8. The van der Waals surface area contributed by atoms with Crippen molar-refractivity contribution in [2.24, 2.45) is 0 Å². The van der Waals surface area contributed by atoms with Gasteiger partial charge in [-0.3, -0.25) is 0 Å². The SMILES string of the molecule is CCc1ccc(OCCCCCO)c(N)c1. The quantitative estimate of drug-likeness (QED) is 0.551. The van der Waals surface area contributed by atoms with Gasteiger partial charge in [0, 0.05) is 6.61 Å². The minimum atomic E-state index is 0.257. The molecule has 1 rings (SSSR count). The van der Waals surface area contributed by atoms with Gasteiger partial charge in [-0.05, 0) is 43.4 Å². The Kier molecular flexibility index (Phi) is 5.72. The molecule has 0 saturated carbocycles. The molecule has 0 unspecified atom stereocenters. The summed E-state index contributed by atoms with van der Waals surface area (Å²) in [5, 5.41) is 8.62.